The molecule has 2 heteroatoms. The number of nitrogens with zero attached hydrogens (tertiary/aromatic N) is 2. The molecule has 0 radical (unpaired) electrons. The summed E-state index contributed by atoms with van der Waals surface area (Å²) in [7, 11) is 3.65. The number of hydrogen-bond acceptors (Lipinski definition) is 1. The van der Waals surface area contributed by atoms with E-state index in [1.807, 2.05) is 18.9 Å². The van der Waals surface area contributed by atoms with Gasteiger partial charge in [-0.15, -0.1) is 0 Å². The van der Waals surface area contributed by atoms with Crippen LogP contribution in [0.2, 0.25) is 0 Å². The van der Waals surface area contributed by atoms with Crippen LogP contribution in [-0.4, -0.2) is 25.3 Å². The molecule has 46 valence electrons. The Morgan fingerprint density at radius 2 is 2.25 bits per heavy atom. The molecule has 0 bridgehead atoms. The van der Waals surface area contributed by atoms with E-state index in [1.165, 1.54) is 0 Å². The molecular weight excluding hydrogens is 100 g/mol. The average molecular weight is 112 g/mol. The van der Waals surface area contributed by atoms with Gasteiger partial charge in [-0.1, -0.05) is 6.58 Å². The van der Waals surface area contributed by atoms with Crippen LogP contribution in [0.4, 0.5) is 0 Å². The standard InChI is InChI=1S/C6H12N2/c1-6(2)8(4)5-7-3/h5H,1H2,2-4H3. The Morgan fingerprint density at radius 1 is 1.75 bits per heavy atom. The van der Waals surface area contributed by atoms with Crippen molar-refractivity contribution in [2.75, 3.05) is 14.1 Å². The molecule has 0 saturated carbocycles. The van der Waals surface area contributed by atoms with Crippen molar-refractivity contribution in [3.63, 3.8) is 0 Å². The van der Waals surface area contributed by atoms with Gasteiger partial charge in [0.25, 0.3) is 0 Å². The summed E-state index contributed by atoms with van der Waals surface area (Å²) in [4.78, 5) is 5.66. The fourth-order valence-electron chi connectivity index (χ4n) is 0.272. The Hall–Kier alpha value is -0.790. The van der Waals surface area contributed by atoms with Crippen molar-refractivity contribution in [2.24, 2.45) is 4.99 Å². The first-order valence-corrected chi connectivity index (χ1v) is 2.49. The van der Waals surface area contributed by atoms with E-state index in [4.69, 9.17) is 0 Å². The van der Waals surface area contributed by atoms with Gasteiger partial charge in [0.1, 0.15) is 0 Å². The van der Waals surface area contributed by atoms with E-state index in [1.54, 1.807) is 13.4 Å². The molecule has 0 unspecified atom stereocenters. The first kappa shape index (κ1) is 7.21. The van der Waals surface area contributed by atoms with Crippen LogP contribution in [0, 0.1) is 0 Å². The molecule has 0 spiro atoms. The van der Waals surface area contributed by atoms with Crippen molar-refractivity contribution in [2.45, 2.75) is 6.92 Å². The zero-order valence-corrected chi connectivity index (χ0v) is 5.68. The first-order chi connectivity index (χ1) is 3.68. The lowest BCUT2D eigenvalue weighted by molar-refractivity contribution is 0.649. The normalized spacial score (nSPS) is 9.88. The lowest BCUT2D eigenvalue weighted by atomic mass is 10.5. The highest BCUT2D eigenvalue weighted by Gasteiger charge is 1.85. The van der Waals surface area contributed by atoms with Crippen molar-refractivity contribution < 1.29 is 0 Å². The highest BCUT2D eigenvalue weighted by Crippen LogP contribution is 1.89. The minimum absolute atomic E-state index is 0.996. The smallest absolute Gasteiger partial charge is 0.0885 e. The second kappa shape index (κ2) is 3.24. The summed E-state index contributed by atoms with van der Waals surface area (Å²) in [5.41, 5.74) is 0.996. The maximum atomic E-state index is 3.80. The summed E-state index contributed by atoms with van der Waals surface area (Å²) < 4.78 is 0. The van der Waals surface area contributed by atoms with Crippen LogP contribution < -0.4 is 0 Å². The van der Waals surface area contributed by atoms with Gasteiger partial charge in [-0.25, -0.2) is 0 Å². The Morgan fingerprint density at radius 3 is 2.38 bits per heavy atom. The van der Waals surface area contributed by atoms with Gasteiger partial charge in [0.15, 0.2) is 0 Å². The van der Waals surface area contributed by atoms with Gasteiger partial charge in [-0.2, -0.15) is 0 Å². The van der Waals surface area contributed by atoms with Crippen LogP contribution in [0.5, 0.6) is 0 Å². The summed E-state index contributed by atoms with van der Waals surface area (Å²) in [6, 6.07) is 0. The monoisotopic (exact) mass is 112 g/mol. The molecule has 0 fully saturated rings. The van der Waals surface area contributed by atoms with E-state index in [0.29, 0.717) is 0 Å². The predicted molar refractivity (Wildman–Crippen MR) is 37.0 cm³/mol. The Balaban J connectivity index is 3.64. The van der Waals surface area contributed by atoms with Crippen molar-refractivity contribution in [1.82, 2.24) is 4.90 Å². The van der Waals surface area contributed by atoms with Gasteiger partial charge >= 0.3 is 0 Å². The van der Waals surface area contributed by atoms with Crippen molar-refractivity contribution in [3.8, 4) is 0 Å². The molecule has 0 aliphatic carbocycles. The third-order valence-corrected chi connectivity index (χ3v) is 0.891. The minimum Gasteiger partial charge on any atom is -0.340 e. The van der Waals surface area contributed by atoms with E-state index >= 15 is 0 Å². The van der Waals surface area contributed by atoms with Crippen molar-refractivity contribution in [3.05, 3.63) is 12.3 Å². The molecule has 8 heavy (non-hydrogen) atoms. The van der Waals surface area contributed by atoms with Crippen LogP contribution in [0.3, 0.4) is 0 Å². The quantitative estimate of drug-likeness (QED) is 0.386. The maximum Gasteiger partial charge on any atom is 0.0885 e. The Kier molecular flexibility index (Phi) is 2.92. The molecule has 0 N–H and O–H groups in total. The lowest BCUT2D eigenvalue weighted by Gasteiger charge is -2.09. The second-order valence-electron chi connectivity index (χ2n) is 1.72. The molecule has 0 atom stereocenters. The summed E-state index contributed by atoms with van der Waals surface area (Å²) in [6.07, 6.45) is 1.72. The predicted octanol–water partition coefficient (Wildman–Crippen LogP) is 1.11. The van der Waals surface area contributed by atoms with E-state index in [-0.39, 0.29) is 0 Å². The van der Waals surface area contributed by atoms with Gasteiger partial charge in [0.2, 0.25) is 0 Å². The Bertz CT molecular complexity index is 105. The summed E-state index contributed by atoms with van der Waals surface area (Å²) in [6.45, 7) is 5.64. The molecule has 2 nitrogen and oxygen atoms in total. The summed E-state index contributed by atoms with van der Waals surface area (Å²) in [5.74, 6) is 0. The molecule has 0 aliphatic rings. The van der Waals surface area contributed by atoms with Crippen LogP contribution in [0.1, 0.15) is 6.92 Å². The third kappa shape index (κ3) is 2.39. The number of allylic oxidation sites excluding steroid dienone is 1. The minimum atomic E-state index is 0.996. The fourth-order valence-corrected chi connectivity index (χ4v) is 0.272. The zero-order valence-electron chi connectivity index (χ0n) is 5.68. The van der Waals surface area contributed by atoms with Crippen molar-refractivity contribution >= 4 is 6.34 Å². The van der Waals surface area contributed by atoms with Gasteiger partial charge in [-0.3, -0.25) is 4.99 Å². The van der Waals surface area contributed by atoms with Crippen LogP contribution in [-0.2, 0) is 0 Å². The third-order valence-electron chi connectivity index (χ3n) is 0.891. The van der Waals surface area contributed by atoms with Crippen LogP contribution in [0.15, 0.2) is 17.3 Å². The number of aliphatic imine (C=N–C) groups is 1. The summed E-state index contributed by atoms with van der Waals surface area (Å²) in [5, 5.41) is 0. The molecule has 0 heterocycles. The topological polar surface area (TPSA) is 15.6 Å². The van der Waals surface area contributed by atoms with E-state index in [0.717, 1.165) is 5.70 Å². The van der Waals surface area contributed by atoms with Gasteiger partial charge in [0, 0.05) is 19.8 Å². The molecule has 0 amide bonds. The highest BCUT2D eigenvalue weighted by molar-refractivity contribution is 5.56. The van der Waals surface area contributed by atoms with E-state index in [9.17, 15) is 0 Å². The average Bonchev–Trinajstić information content (AvgIpc) is 1.67. The zero-order chi connectivity index (χ0) is 6.57. The van der Waals surface area contributed by atoms with E-state index < -0.39 is 0 Å². The van der Waals surface area contributed by atoms with Gasteiger partial charge in [0.05, 0.1) is 6.34 Å². The fraction of sp³-hybridized carbons (Fsp3) is 0.500. The Labute approximate surface area is 50.5 Å². The number of rotatable bonds is 2. The lowest BCUT2D eigenvalue weighted by Crippen LogP contribution is -2.11. The summed E-state index contributed by atoms with van der Waals surface area (Å²) >= 11 is 0. The molecule has 0 aromatic rings. The molecule has 0 aromatic carbocycles. The molecule has 0 rings (SSSR count). The van der Waals surface area contributed by atoms with Crippen molar-refractivity contribution in [1.29, 1.82) is 0 Å². The molecule has 0 saturated heterocycles. The molecule has 0 aliphatic heterocycles. The van der Waals surface area contributed by atoms with Crippen LogP contribution >= 0.6 is 0 Å². The SMILES string of the molecule is C=C(C)N(C)C=NC. The largest absolute Gasteiger partial charge is 0.340 e. The maximum absolute atomic E-state index is 3.80. The second-order valence-corrected chi connectivity index (χ2v) is 1.72. The molecule has 0 aromatic heterocycles. The van der Waals surface area contributed by atoms with Crippen LogP contribution in [0.25, 0.3) is 0 Å². The highest BCUT2D eigenvalue weighted by atomic mass is 15.1. The number of hydrogen-bond donors (Lipinski definition) is 0. The van der Waals surface area contributed by atoms with Gasteiger partial charge in [-0.05, 0) is 6.92 Å². The molecular formula is C6H12N2. The first-order valence-electron chi connectivity index (χ1n) is 2.49. The van der Waals surface area contributed by atoms with E-state index in [2.05, 4.69) is 11.6 Å². The van der Waals surface area contributed by atoms with Gasteiger partial charge < -0.3 is 4.90 Å².